The van der Waals surface area contributed by atoms with Crippen molar-refractivity contribution < 1.29 is 14.7 Å². The van der Waals surface area contributed by atoms with E-state index in [2.05, 4.69) is 12.2 Å². The van der Waals surface area contributed by atoms with Gasteiger partial charge in [-0.3, -0.25) is 4.79 Å². The molecule has 5 heteroatoms. The lowest BCUT2D eigenvalue weighted by atomic mass is 9.98. The van der Waals surface area contributed by atoms with Gasteiger partial charge in [-0.25, -0.2) is 4.79 Å². The lowest BCUT2D eigenvalue weighted by Crippen LogP contribution is -2.49. The standard InChI is InChI=1S/C15H26N2O3/c1-2-15(8-9-15)11-16-14(20)17-10-4-3-5-12(17)6-7-13(18)19/h12H,2-11H2,1H3,(H,16,20)(H,18,19). The Morgan fingerprint density at radius 2 is 2.10 bits per heavy atom. The summed E-state index contributed by atoms with van der Waals surface area (Å²) in [4.78, 5) is 24.9. The van der Waals surface area contributed by atoms with E-state index in [-0.39, 0.29) is 18.5 Å². The maximum absolute atomic E-state index is 12.3. The summed E-state index contributed by atoms with van der Waals surface area (Å²) in [5, 5.41) is 11.9. The molecule has 2 fully saturated rings. The molecule has 2 N–H and O–H groups in total. The van der Waals surface area contributed by atoms with Crippen molar-refractivity contribution >= 4 is 12.0 Å². The molecule has 1 saturated carbocycles. The summed E-state index contributed by atoms with van der Waals surface area (Å²) < 4.78 is 0. The van der Waals surface area contributed by atoms with Crippen molar-refractivity contribution in [2.24, 2.45) is 5.41 Å². The molecule has 1 aliphatic carbocycles. The van der Waals surface area contributed by atoms with Crippen molar-refractivity contribution in [2.75, 3.05) is 13.1 Å². The van der Waals surface area contributed by atoms with E-state index in [9.17, 15) is 9.59 Å². The minimum Gasteiger partial charge on any atom is -0.481 e. The molecular weight excluding hydrogens is 256 g/mol. The van der Waals surface area contributed by atoms with Gasteiger partial charge >= 0.3 is 12.0 Å². The number of urea groups is 1. The van der Waals surface area contributed by atoms with Gasteiger partial charge in [-0.05, 0) is 50.4 Å². The number of piperidine rings is 1. The largest absolute Gasteiger partial charge is 0.481 e. The second kappa shape index (κ2) is 6.46. The first-order valence-corrected chi connectivity index (χ1v) is 7.82. The Kier molecular flexibility index (Phi) is 4.89. The molecule has 0 spiro atoms. The Bertz CT molecular complexity index is 366. The van der Waals surface area contributed by atoms with Crippen LogP contribution in [0.15, 0.2) is 0 Å². The predicted molar refractivity (Wildman–Crippen MR) is 76.6 cm³/mol. The summed E-state index contributed by atoms with van der Waals surface area (Å²) in [6.45, 7) is 3.70. The number of carboxylic acids is 1. The summed E-state index contributed by atoms with van der Waals surface area (Å²) in [6, 6.07) is 0.0939. The van der Waals surface area contributed by atoms with E-state index in [0.29, 0.717) is 11.8 Å². The van der Waals surface area contributed by atoms with Crippen LogP contribution in [0.4, 0.5) is 4.79 Å². The summed E-state index contributed by atoms with van der Waals surface area (Å²) >= 11 is 0. The van der Waals surface area contributed by atoms with Gasteiger partial charge in [-0.1, -0.05) is 6.92 Å². The third-order valence-corrected chi connectivity index (χ3v) is 4.90. The number of likely N-dealkylation sites (tertiary alicyclic amines) is 1. The van der Waals surface area contributed by atoms with Gasteiger partial charge in [-0.15, -0.1) is 0 Å². The van der Waals surface area contributed by atoms with Crippen molar-refractivity contribution in [2.45, 2.75) is 64.3 Å². The lowest BCUT2D eigenvalue weighted by Gasteiger charge is -2.36. The highest BCUT2D eigenvalue weighted by molar-refractivity contribution is 5.75. The first-order chi connectivity index (χ1) is 9.56. The van der Waals surface area contributed by atoms with Crippen molar-refractivity contribution in [3.05, 3.63) is 0 Å². The molecule has 1 saturated heterocycles. The van der Waals surface area contributed by atoms with Gasteiger partial charge in [0.25, 0.3) is 0 Å². The smallest absolute Gasteiger partial charge is 0.317 e. The highest BCUT2D eigenvalue weighted by atomic mass is 16.4. The zero-order valence-corrected chi connectivity index (χ0v) is 12.4. The second-order valence-corrected chi connectivity index (χ2v) is 6.29. The Morgan fingerprint density at radius 1 is 1.35 bits per heavy atom. The van der Waals surface area contributed by atoms with E-state index in [1.807, 2.05) is 4.90 Å². The van der Waals surface area contributed by atoms with Crippen molar-refractivity contribution in [1.29, 1.82) is 0 Å². The number of carboxylic acid groups (broad SMARTS) is 1. The fourth-order valence-corrected chi connectivity index (χ4v) is 3.05. The van der Waals surface area contributed by atoms with E-state index < -0.39 is 5.97 Å². The fraction of sp³-hybridized carbons (Fsp3) is 0.867. The monoisotopic (exact) mass is 282 g/mol. The number of carbonyl (C=O) groups is 2. The summed E-state index contributed by atoms with van der Waals surface area (Å²) in [6.07, 6.45) is 7.31. The van der Waals surface area contributed by atoms with Gasteiger partial charge < -0.3 is 15.3 Å². The van der Waals surface area contributed by atoms with Crippen molar-refractivity contribution in [1.82, 2.24) is 10.2 Å². The van der Waals surface area contributed by atoms with Gasteiger partial charge in [0.15, 0.2) is 0 Å². The van der Waals surface area contributed by atoms with Crippen LogP contribution in [0.3, 0.4) is 0 Å². The maximum atomic E-state index is 12.3. The third kappa shape index (κ3) is 3.87. The quantitative estimate of drug-likeness (QED) is 0.786. The van der Waals surface area contributed by atoms with Gasteiger partial charge in [0.05, 0.1) is 0 Å². The molecule has 0 radical (unpaired) electrons. The van der Waals surface area contributed by atoms with E-state index >= 15 is 0 Å². The molecule has 2 aliphatic rings. The van der Waals surface area contributed by atoms with Crippen LogP contribution >= 0.6 is 0 Å². The molecule has 114 valence electrons. The van der Waals surface area contributed by atoms with Gasteiger partial charge in [-0.2, -0.15) is 0 Å². The molecule has 2 rings (SSSR count). The average Bonchev–Trinajstić information content (AvgIpc) is 3.23. The van der Waals surface area contributed by atoms with Crippen LogP contribution in [0.5, 0.6) is 0 Å². The van der Waals surface area contributed by atoms with Crippen LogP contribution < -0.4 is 5.32 Å². The number of aliphatic carboxylic acids is 1. The molecule has 20 heavy (non-hydrogen) atoms. The van der Waals surface area contributed by atoms with Crippen molar-refractivity contribution in [3.63, 3.8) is 0 Å². The predicted octanol–water partition coefficient (Wildman–Crippen LogP) is 2.61. The minimum absolute atomic E-state index is 0.000172. The van der Waals surface area contributed by atoms with Crippen molar-refractivity contribution in [3.8, 4) is 0 Å². The Balaban J connectivity index is 1.83. The molecule has 1 aliphatic heterocycles. The summed E-state index contributed by atoms with van der Waals surface area (Å²) in [7, 11) is 0. The summed E-state index contributed by atoms with van der Waals surface area (Å²) in [5.74, 6) is -0.779. The van der Waals surface area contributed by atoms with Crippen LogP contribution in [0, 0.1) is 5.41 Å². The Hall–Kier alpha value is -1.26. The van der Waals surface area contributed by atoms with Gasteiger partial charge in [0.2, 0.25) is 0 Å². The zero-order valence-electron chi connectivity index (χ0n) is 12.4. The Morgan fingerprint density at radius 3 is 2.70 bits per heavy atom. The molecule has 1 heterocycles. The Labute approximate surface area is 120 Å². The molecular formula is C15H26N2O3. The number of carbonyl (C=O) groups excluding carboxylic acids is 1. The number of amides is 2. The van der Waals surface area contributed by atoms with E-state index in [4.69, 9.17) is 5.11 Å². The van der Waals surface area contributed by atoms with E-state index in [0.717, 1.165) is 38.8 Å². The minimum atomic E-state index is -0.779. The molecule has 0 aromatic carbocycles. The average molecular weight is 282 g/mol. The highest BCUT2D eigenvalue weighted by Crippen LogP contribution is 2.47. The zero-order chi connectivity index (χ0) is 14.6. The van der Waals surface area contributed by atoms with Crippen LogP contribution in [0.2, 0.25) is 0 Å². The number of rotatable bonds is 6. The summed E-state index contributed by atoms with van der Waals surface area (Å²) in [5.41, 5.74) is 0.349. The van der Waals surface area contributed by atoms with Gasteiger partial charge in [0.1, 0.15) is 0 Å². The fourth-order valence-electron chi connectivity index (χ4n) is 3.05. The molecule has 0 aromatic heterocycles. The molecule has 0 aromatic rings. The van der Waals surface area contributed by atoms with E-state index in [1.54, 1.807) is 0 Å². The molecule has 5 nitrogen and oxygen atoms in total. The second-order valence-electron chi connectivity index (χ2n) is 6.29. The molecule has 2 amide bonds. The van der Waals surface area contributed by atoms with Crippen LogP contribution in [-0.2, 0) is 4.79 Å². The first kappa shape index (κ1) is 15.1. The maximum Gasteiger partial charge on any atom is 0.317 e. The SMILES string of the molecule is CCC1(CNC(=O)N2CCCCC2CCC(=O)O)CC1. The van der Waals surface area contributed by atoms with E-state index in [1.165, 1.54) is 12.8 Å². The number of nitrogens with zero attached hydrogens (tertiary/aromatic N) is 1. The topological polar surface area (TPSA) is 69.6 Å². The van der Waals surface area contributed by atoms with Crippen LogP contribution in [0.25, 0.3) is 0 Å². The van der Waals surface area contributed by atoms with Crippen LogP contribution in [0.1, 0.15) is 58.3 Å². The molecule has 1 unspecified atom stereocenters. The number of hydrogen-bond acceptors (Lipinski definition) is 2. The third-order valence-electron chi connectivity index (χ3n) is 4.90. The molecule has 0 bridgehead atoms. The highest BCUT2D eigenvalue weighted by Gasteiger charge is 2.41. The number of hydrogen-bond donors (Lipinski definition) is 2. The molecule has 1 atom stereocenters. The number of nitrogens with one attached hydrogen (secondary N) is 1. The normalized spacial score (nSPS) is 24.2. The van der Waals surface area contributed by atoms with Crippen LogP contribution in [-0.4, -0.2) is 41.1 Å². The first-order valence-electron chi connectivity index (χ1n) is 7.82. The van der Waals surface area contributed by atoms with Gasteiger partial charge in [0, 0.05) is 25.6 Å². The lowest BCUT2D eigenvalue weighted by molar-refractivity contribution is -0.137.